The maximum absolute atomic E-state index is 13.3. The highest BCUT2D eigenvalue weighted by molar-refractivity contribution is 5.32. The normalized spacial score (nSPS) is 41.6. The van der Waals surface area contributed by atoms with Gasteiger partial charge in [0.25, 0.3) is 0 Å². The van der Waals surface area contributed by atoms with E-state index in [1.807, 2.05) is 12.1 Å². The summed E-state index contributed by atoms with van der Waals surface area (Å²) in [6.45, 7) is 0. The Bertz CT molecular complexity index is 526. The van der Waals surface area contributed by atoms with Gasteiger partial charge in [0, 0.05) is 11.8 Å². The first-order valence-corrected chi connectivity index (χ1v) is 7.85. The summed E-state index contributed by atoms with van der Waals surface area (Å²) in [5.41, 5.74) is 1.23. The van der Waals surface area contributed by atoms with E-state index in [-0.39, 0.29) is 11.2 Å². The monoisotopic (exact) mass is 269 g/mol. The molecule has 4 bridgehead atoms. The Balaban J connectivity index is 1.81. The van der Waals surface area contributed by atoms with Gasteiger partial charge in [0.2, 0.25) is 0 Å². The quantitative estimate of drug-likeness (QED) is 0.779. The van der Waals surface area contributed by atoms with E-state index in [2.05, 4.69) is 6.07 Å². The maximum atomic E-state index is 13.3. The van der Waals surface area contributed by atoms with E-state index >= 15 is 0 Å². The molecule has 4 aliphatic carbocycles. The van der Waals surface area contributed by atoms with Crippen LogP contribution in [0.25, 0.3) is 0 Å². The van der Waals surface area contributed by atoms with Gasteiger partial charge in [0.1, 0.15) is 5.82 Å². The fourth-order valence-electron chi connectivity index (χ4n) is 5.78. The molecule has 4 saturated carbocycles. The molecule has 0 saturated heterocycles. The second-order valence-electron chi connectivity index (χ2n) is 7.19. The number of nitrogens with zero attached hydrogens (tertiary/aromatic N) is 1. The summed E-state index contributed by atoms with van der Waals surface area (Å²) in [4.78, 5) is 0. The lowest BCUT2D eigenvalue weighted by molar-refractivity contribution is -0.0591. The third-order valence-electron chi connectivity index (χ3n) is 6.35. The molecule has 4 aliphatic rings. The molecule has 0 spiro atoms. The average molecular weight is 269 g/mol. The molecule has 4 fully saturated rings. The molecule has 5 rings (SSSR count). The van der Waals surface area contributed by atoms with Crippen LogP contribution in [0.3, 0.4) is 0 Å². The van der Waals surface area contributed by atoms with Crippen LogP contribution >= 0.6 is 0 Å². The number of hydrogen-bond acceptors (Lipinski definition) is 1. The number of hydrogen-bond donors (Lipinski definition) is 0. The van der Waals surface area contributed by atoms with Gasteiger partial charge in [-0.3, -0.25) is 0 Å². The summed E-state index contributed by atoms with van der Waals surface area (Å²) in [5.74, 6) is 2.90. The molecular weight excluding hydrogens is 249 g/mol. The van der Waals surface area contributed by atoms with Crippen LogP contribution in [0.2, 0.25) is 0 Å². The molecule has 0 aromatic heterocycles. The standard InChI is InChI=1S/C18H20FN/c19-17-3-1-14(2-4-17)18(5-6-20)15-8-12-7-13(10-15)11-16(18)9-12/h1-4,12-13,15-16H,5,7-11H2. The highest BCUT2D eigenvalue weighted by atomic mass is 19.1. The van der Waals surface area contributed by atoms with E-state index in [4.69, 9.17) is 0 Å². The van der Waals surface area contributed by atoms with Gasteiger partial charge in [-0.2, -0.15) is 5.26 Å². The van der Waals surface area contributed by atoms with E-state index in [9.17, 15) is 9.65 Å². The minimum Gasteiger partial charge on any atom is -0.207 e. The maximum Gasteiger partial charge on any atom is 0.123 e. The van der Waals surface area contributed by atoms with Crippen LogP contribution in [0.1, 0.15) is 44.1 Å². The lowest BCUT2D eigenvalue weighted by Gasteiger charge is -2.61. The smallest absolute Gasteiger partial charge is 0.123 e. The SMILES string of the molecule is N#CCC1(c2ccc(F)cc2)C2CC3CC(C2)CC1C3. The second kappa shape index (κ2) is 4.32. The lowest BCUT2D eigenvalue weighted by atomic mass is 9.43. The molecule has 0 aliphatic heterocycles. The zero-order valence-electron chi connectivity index (χ0n) is 11.7. The number of halogens is 1. The highest BCUT2D eigenvalue weighted by Crippen LogP contribution is 2.63. The van der Waals surface area contributed by atoms with Gasteiger partial charge in [-0.1, -0.05) is 12.1 Å². The zero-order valence-corrected chi connectivity index (χ0v) is 11.7. The van der Waals surface area contributed by atoms with Gasteiger partial charge in [-0.15, -0.1) is 0 Å². The predicted molar refractivity (Wildman–Crippen MR) is 75.4 cm³/mol. The molecule has 0 N–H and O–H groups in total. The van der Waals surface area contributed by atoms with E-state index in [1.165, 1.54) is 37.7 Å². The van der Waals surface area contributed by atoms with Crippen molar-refractivity contribution in [2.45, 2.75) is 43.9 Å². The molecule has 104 valence electrons. The third-order valence-corrected chi connectivity index (χ3v) is 6.35. The van der Waals surface area contributed by atoms with Gasteiger partial charge < -0.3 is 0 Å². The molecule has 0 unspecified atom stereocenters. The van der Waals surface area contributed by atoms with E-state index in [0.29, 0.717) is 18.3 Å². The van der Waals surface area contributed by atoms with Gasteiger partial charge in [0.15, 0.2) is 0 Å². The first kappa shape index (κ1) is 12.4. The number of nitriles is 1. The molecule has 1 nitrogen and oxygen atoms in total. The Kier molecular flexibility index (Phi) is 2.67. The molecular formula is C18H20FN. The van der Waals surface area contributed by atoms with Gasteiger partial charge >= 0.3 is 0 Å². The van der Waals surface area contributed by atoms with Crippen molar-refractivity contribution in [3.05, 3.63) is 35.6 Å². The van der Waals surface area contributed by atoms with E-state index < -0.39 is 0 Å². The first-order valence-electron chi connectivity index (χ1n) is 7.85. The molecule has 20 heavy (non-hydrogen) atoms. The Hall–Kier alpha value is -1.36. The van der Waals surface area contributed by atoms with Crippen molar-refractivity contribution in [2.75, 3.05) is 0 Å². The molecule has 1 aromatic carbocycles. The largest absolute Gasteiger partial charge is 0.207 e. The minimum atomic E-state index is -0.176. The zero-order chi connectivity index (χ0) is 13.7. The van der Waals surface area contributed by atoms with Crippen LogP contribution in [0.5, 0.6) is 0 Å². The van der Waals surface area contributed by atoms with Gasteiger partial charge in [0.05, 0.1) is 6.07 Å². The van der Waals surface area contributed by atoms with Gasteiger partial charge in [-0.25, -0.2) is 4.39 Å². The fourth-order valence-corrected chi connectivity index (χ4v) is 5.78. The molecule has 0 amide bonds. The topological polar surface area (TPSA) is 23.8 Å². The van der Waals surface area contributed by atoms with Crippen LogP contribution in [0.15, 0.2) is 24.3 Å². The van der Waals surface area contributed by atoms with Crippen molar-refractivity contribution in [2.24, 2.45) is 23.7 Å². The van der Waals surface area contributed by atoms with Crippen molar-refractivity contribution >= 4 is 0 Å². The summed E-state index contributed by atoms with van der Waals surface area (Å²) < 4.78 is 13.3. The molecule has 2 heteroatoms. The van der Waals surface area contributed by atoms with E-state index in [1.54, 1.807) is 12.1 Å². The molecule has 0 radical (unpaired) electrons. The van der Waals surface area contributed by atoms with Crippen molar-refractivity contribution < 1.29 is 4.39 Å². The van der Waals surface area contributed by atoms with Crippen LogP contribution in [-0.2, 0) is 5.41 Å². The van der Waals surface area contributed by atoms with Crippen LogP contribution in [-0.4, -0.2) is 0 Å². The highest BCUT2D eigenvalue weighted by Gasteiger charge is 2.57. The molecule has 0 atom stereocenters. The fraction of sp³-hybridized carbons (Fsp3) is 0.611. The van der Waals surface area contributed by atoms with Crippen molar-refractivity contribution in [1.82, 2.24) is 0 Å². The summed E-state index contributed by atoms with van der Waals surface area (Å²) in [5, 5.41) is 9.41. The van der Waals surface area contributed by atoms with Crippen molar-refractivity contribution in [3.8, 4) is 6.07 Å². The predicted octanol–water partition coefficient (Wildman–Crippen LogP) is 4.43. The Morgan fingerprint density at radius 2 is 1.55 bits per heavy atom. The van der Waals surface area contributed by atoms with Crippen LogP contribution < -0.4 is 0 Å². The van der Waals surface area contributed by atoms with Crippen molar-refractivity contribution in [3.63, 3.8) is 0 Å². The van der Waals surface area contributed by atoms with Crippen molar-refractivity contribution in [1.29, 1.82) is 5.26 Å². The summed E-state index contributed by atoms with van der Waals surface area (Å²) in [6, 6.07) is 9.47. The van der Waals surface area contributed by atoms with Crippen LogP contribution in [0.4, 0.5) is 4.39 Å². The van der Waals surface area contributed by atoms with E-state index in [0.717, 1.165) is 11.8 Å². The first-order chi connectivity index (χ1) is 9.72. The Morgan fingerprint density at radius 1 is 1.00 bits per heavy atom. The van der Waals surface area contributed by atoms with Crippen LogP contribution in [0, 0.1) is 40.8 Å². The van der Waals surface area contributed by atoms with Gasteiger partial charge in [-0.05, 0) is 73.5 Å². The lowest BCUT2D eigenvalue weighted by Crippen LogP contribution is -2.55. The summed E-state index contributed by atoms with van der Waals surface area (Å²) in [6.07, 6.45) is 7.16. The number of benzene rings is 1. The second-order valence-corrected chi connectivity index (χ2v) is 7.19. The minimum absolute atomic E-state index is 0.00979. The third kappa shape index (κ3) is 1.59. The summed E-state index contributed by atoms with van der Waals surface area (Å²) >= 11 is 0. The Morgan fingerprint density at radius 3 is 2.05 bits per heavy atom. The summed E-state index contributed by atoms with van der Waals surface area (Å²) in [7, 11) is 0. The molecule has 0 heterocycles. The Labute approximate surface area is 119 Å². The average Bonchev–Trinajstić information content (AvgIpc) is 2.43. The number of rotatable bonds is 2. The molecule has 1 aromatic rings.